The number of aryl methyl sites for hydroxylation is 1. The molecule has 2 N–H and O–H groups in total. The van der Waals surface area contributed by atoms with Crippen LogP contribution in [0.2, 0.25) is 0 Å². The van der Waals surface area contributed by atoms with Crippen LogP contribution in [0.3, 0.4) is 0 Å². The first-order chi connectivity index (χ1) is 19.0. The predicted octanol–water partition coefficient (Wildman–Crippen LogP) is 4.38. The van der Waals surface area contributed by atoms with E-state index in [0.29, 0.717) is 35.0 Å². The Balaban J connectivity index is 1.52. The van der Waals surface area contributed by atoms with Gasteiger partial charge in [-0.15, -0.1) is 0 Å². The minimum absolute atomic E-state index is 0.102. The van der Waals surface area contributed by atoms with Gasteiger partial charge in [-0.1, -0.05) is 37.1 Å². The van der Waals surface area contributed by atoms with Gasteiger partial charge in [0, 0.05) is 19.3 Å². The van der Waals surface area contributed by atoms with E-state index in [9.17, 15) is 19.2 Å². The topological polar surface area (TPSA) is 121 Å². The Morgan fingerprint density at radius 2 is 1.75 bits per heavy atom. The average Bonchev–Trinajstić information content (AvgIpc) is 3.73. The van der Waals surface area contributed by atoms with Crippen molar-refractivity contribution in [3.05, 3.63) is 53.6 Å². The van der Waals surface area contributed by atoms with E-state index >= 15 is 0 Å². The van der Waals surface area contributed by atoms with Gasteiger partial charge in [-0.25, -0.2) is 19.6 Å². The maximum Gasteiger partial charge on any atom is 0.328 e. The molecule has 1 atom stereocenters. The molecule has 214 valence electrons. The molecule has 2 fully saturated rings. The molecule has 0 radical (unpaired) electrons. The highest BCUT2D eigenvalue weighted by Gasteiger charge is 2.55. The maximum atomic E-state index is 13.7. The zero-order valence-corrected chi connectivity index (χ0v) is 23.8. The second kappa shape index (κ2) is 11.5. The van der Waals surface area contributed by atoms with Crippen molar-refractivity contribution >= 4 is 35.3 Å². The lowest BCUT2D eigenvalue weighted by atomic mass is 10.0. The van der Waals surface area contributed by atoms with Crippen molar-refractivity contribution in [2.24, 2.45) is 5.92 Å². The summed E-state index contributed by atoms with van der Waals surface area (Å²) in [7, 11) is 4.33. The first-order valence-electron chi connectivity index (χ1n) is 13.2. The second-order valence-corrected chi connectivity index (χ2v) is 10.7. The number of nitrogens with zero attached hydrogens (tertiary/aromatic N) is 3. The number of hydrogen-bond donors (Lipinski definition) is 2. The molecular formula is C29H37N5O6. The summed E-state index contributed by atoms with van der Waals surface area (Å²) in [5.41, 5.74) is 1.57. The fourth-order valence-corrected chi connectivity index (χ4v) is 4.80. The number of para-hydroxylation sites is 1. The van der Waals surface area contributed by atoms with E-state index in [1.165, 1.54) is 26.2 Å². The third-order valence-electron chi connectivity index (χ3n) is 7.54. The van der Waals surface area contributed by atoms with E-state index in [-0.39, 0.29) is 6.54 Å². The number of amides is 6. The molecule has 2 aromatic carbocycles. The lowest BCUT2D eigenvalue weighted by Gasteiger charge is -2.28. The Labute approximate surface area is 234 Å². The van der Waals surface area contributed by atoms with Crippen LogP contribution in [0.5, 0.6) is 5.75 Å². The molecule has 0 unspecified atom stereocenters. The van der Waals surface area contributed by atoms with Crippen LogP contribution in [-0.2, 0) is 21.0 Å². The number of ether oxygens (including phenoxy) is 1. The van der Waals surface area contributed by atoms with Crippen LogP contribution in [0.15, 0.2) is 42.5 Å². The molecule has 0 bridgehead atoms. The number of anilines is 2. The molecule has 1 saturated carbocycles. The summed E-state index contributed by atoms with van der Waals surface area (Å²) in [6.07, 6.45) is 2.34. The van der Waals surface area contributed by atoms with E-state index in [2.05, 4.69) is 10.6 Å². The molecule has 0 aromatic heterocycles. The standard InChI is InChI=1S/C29H37N5O6/c1-18-9-7-8-10-21(18)30-27(37)31-22-14-13-20(16-24(22)39-5)17-33-28(38)34(26(36)29(33,2)3)23(15-19-11-12-19)25(35)32(4)40-6/h7-10,13-14,16,19,23H,11-12,15,17H2,1-6H3,(H2,30,31,37)/t23-/m0/s1. The van der Waals surface area contributed by atoms with E-state index < -0.39 is 35.5 Å². The molecule has 1 saturated heterocycles. The fourth-order valence-electron chi connectivity index (χ4n) is 4.80. The number of hydrogen-bond acceptors (Lipinski definition) is 6. The van der Waals surface area contributed by atoms with E-state index in [1.54, 1.807) is 32.0 Å². The number of hydroxylamine groups is 2. The monoisotopic (exact) mass is 551 g/mol. The highest BCUT2D eigenvalue weighted by Crippen LogP contribution is 2.39. The summed E-state index contributed by atoms with van der Waals surface area (Å²) in [6.45, 7) is 5.35. The van der Waals surface area contributed by atoms with Gasteiger partial charge in [0.05, 0.1) is 19.9 Å². The van der Waals surface area contributed by atoms with Gasteiger partial charge in [-0.3, -0.25) is 14.4 Å². The summed E-state index contributed by atoms with van der Waals surface area (Å²) < 4.78 is 5.52. The van der Waals surface area contributed by atoms with Crippen molar-refractivity contribution in [1.29, 1.82) is 0 Å². The molecule has 1 heterocycles. The fraction of sp³-hybridized carbons (Fsp3) is 0.448. The molecule has 11 nitrogen and oxygen atoms in total. The minimum atomic E-state index is -1.18. The van der Waals surface area contributed by atoms with Gasteiger partial charge < -0.3 is 20.3 Å². The van der Waals surface area contributed by atoms with E-state index in [4.69, 9.17) is 9.57 Å². The van der Waals surface area contributed by atoms with Crippen LogP contribution in [0.25, 0.3) is 0 Å². The SMILES string of the molecule is COc1cc(CN2C(=O)N([C@@H](CC3CC3)C(=O)N(C)OC)C(=O)C2(C)C)ccc1NC(=O)Nc1ccccc1C. The van der Waals surface area contributed by atoms with Gasteiger partial charge in [-0.05, 0) is 62.4 Å². The summed E-state index contributed by atoms with van der Waals surface area (Å²) in [4.78, 5) is 60.6. The Hall–Kier alpha value is -4.12. The van der Waals surface area contributed by atoms with Gasteiger partial charge >= 0.3 is 12.1 Å². The van der Waals surface area contributed by atoms with Crippen molar-refractivity contribution < 1.29 is 28.8 Å². The van der Waals surface area contributed by atoms with Crippen LogP contribution in [0.4, 0.5) is 21.0 Å². The van der Waals surface area contributed by atoms with Crippen LogP contribution < -0.4 is 15.4 Å². The largest absolute Gasteiger partial charge is 0.495 e. The Morgan fingerprint density at radius 3 is 2.38 bits per heavy atom. The third kappa shape index (κ3) is 5.89. The lowest BCUT2D eigenvalue weighted by molar-refractivity contribution is -0.175. The molecule has 4 rings (SSSR count). The molecule has 2 aliphatic rings. The van der Waals surface area contributed by atoms with E-state index in [0.717, 1.165) is 28.4 Å². The number of imide groups is 1. The van der Waals surface area contributed by atoms with Gasteiger partial charge in [0.2, 0.25) is 0 Å². The summed E-state index contributed by atoms with van der Waals surface area (Å²) >= 11 is 0. The number of benzene rings is 2. The highest BCUT2D eigenvalue weighted by molar-refractivity contribution is 6.09. The number of likely N-dealkylation sites (N-methyl/N-ethyl adjacent to an activating group) is 1. The second-order valence-electron chi connectivity index (χ2n) is 10.7. The maximum absolute atomic E-state index is 13.7. The minimum Gasteiger partial charge on any atom is -0.495 e. The Bertz CT molecular complexity index is 1310. The number of rotatable bonds is 10. The Kier molecular flexibility index (Phi) is 8.34. The first-order valence-corrected chi connectivity index (χ1v) is 13.2. The number of nitrogens with one attached hydrogen (secondary N) is 2. The molecular weight excluding hydrogens is 514 g/mol. The third-order valence-corrected chi connectivity index (χ3v) is 7.54. The van der Waals surface area contributed by atoms with Crippen LogP contribution in [0, 0.1) is 12.8 Å². The van der Waals surface area contributed by atoms with Crippen molar-refractivity contribution in [3.63, 3.8) is 0 Å². The number of carbonyl (C=O) groups excluding carboxylic acids is 4. The van der Waals surface area contributed by atoms with Crippen LogP contribution in [-0.4, -0.2) is 71.6 Å². The molecule has 2 aromatic rings. The molecule has 6 amide bonds. The zero-order valence-electron chi connectivity index (χ0n) is 23.8. The predicted molar refractivity (Wildman–Crippen MR) is 150 cm³/mol. The highest BCUT2D eigenvalue weighted by atomic mass is 16.7. The summed E-state index contributed by atoms with van der Waals surface area (Å²) in [5, 5.41) is 6.68. The van der Waals surface area contributed by atoms with Crippen LogP contribution >= 0.6 is 0 Å². The number of carbonyl (C=O) groups is 4. The van der Waals surface area contributed by atoms with Gasteiger partial charge in [-0.2, -0.15) is 0 Å². The van der Waals surface area contributed by atoms with Crippen molar-refractivity contribution in [3.8, 4) is 5.75 Å². The number of methoxy groups -OCH3 is 1. The van der Waals surface area contributed by atoms with Gasteiger partial charge in [0.1, 0.15) is 17.3 Å². The van der Waals surface area contributed by atoms with Gasteiger partial charge in [0.15, 0.2) is 0 Å². The average molecular weight is 552 g/mol. The lowest BCUT2D eigenvalue weighted by Crippen LogP contribution is -2.51. The Morgan fingerprint density at radius 1 is 1.07 bits per heavy atom. The normalized spacial score (nSPS) is 17.1. The molecule has 40 heavy (non-hydrogen) atoms. The van der Waals surface area contributed by atoms with Crippen molar-refractivity contribution in [1.82, 2.24) is 14.9 Å². The summed E-state index contributed by atoms with van der Waals surface area (Å²) in [5.74, 6) is -0.174. The summed E-state index contributed by atoms with van der Waals surface area (Å²) in [6, 6.07) is 10.7. The smallest absolute Gasteiger partial charge is 0.328 e. The quantitative estimate of drug-likeness (QED) is 0.334. The first kappa shape index (κ1) is 28.9. The molecule has 1 aliphatic heterocycles. The molecule has 11 heteroatoms. The van der Waals surface area contributed by atoms with Gasteiger partial charge in [0.25, 0.3) is 11.8 Å². The van der Waals surface area contributed by atoms with Crippen molar-refractivity contribution in [2.75, 3.05) is 31.9 Å². The van der Waals surface area contributed by atoms with E-state index in [1.807, 2.05) is 31.2 Å². The molecule has 0 spiro atoms. The molecule has 1 aliphatic carbocycles. The van der Waals surface area contributed by atoms with Crippen LogP contribution in [0.1, 0.15) is 44.2 Å². The van der Waals surface area contributed by atoms with Crippen molar-refractivity contribution in [2.45, 2.75) is 58.2 Å². The number of urea groups is 2. The zero-order chi connectivity index (χ0) is 29.2.